The van der Waals surface area contributed by atoms with Gasteiger partial charge in [-0.3, -0.25) is 4.79 Å². The van der Waals surface area contributed by atoms with Crippen molar-refractivity contribution in [1.29, 1.82) is 0 Å². The van der Waals surface area contributed by atoms with Crippen molar-refractivity contribution in [2.24, 2.45) is 0 Å². The van der Waals surface area contributed by atoms with Crippen molar-refractivity contribution >= 4 is 12.4 Å². The molecular formula is C3H4F3NO3. The highest BCUT2D eigenvalue weighted by atomic mass is 19.4. The van der Waals surface area contributed by atoms with Crippen LogP contribution in [0.15, 0.2) is 0 Å². The Balaban J connectivity index is 0. The van der Waals surface area contributed by atoms with E-state index in [1.165, 1.54) is 0 Å². The zero-order valence-electron chi connectivity index (χ0n) is 4.64. The quantitative estimate of drug-likeness (QED) is 0.341. The lowest BCUT2D eigenvalue weighted by atomic mass is 10.7. The molecule has 0 aliphatic heterocycles. The molecule has 60 valence electrons. The Kier molecular flexibility index (Phi) is 4.46. The minimum Gasteiger partial charge on any atom is -0.389 e. The molecule has 0 aromatic rings. The molecule has 0 atom stereocenters. The van der Waals surface area contributed by atoms with Gasteiger partial charge in [0.05, 0.1) is 0 Å². The smallest absolute Gasteiger partial charge is 0.389 e. The van der Waals surface area contributed by atoms with Gasteiger partial charge >= 0.3 is 18.6 Å². The molecule has 0 bridgehead atoms. The Labute approximate surface area is 53.5 Å². The summed E-state index contributed by atoms with van der Waals surface area (Å²) in [6.07, 6.45) is -5.08. The second-order valence-corrected chi connectivity index (χ2v) is 0.999. The van der Waals surface area contributed by atoms with Crippen molar-refractivity contribution in [3.8, 4) is 0 Å². The number of hydrogen-bond donors (Lipinski definition) is 1. The van der Waals surface area contributed by atoms with Crippen LogP contribution in [0.25, 0.3) is 0 Å². The van der Waals surface area contributed by atoms with Gasteiger partial charge in [-0.15, -0.1) is 0 Å². The third-order valence-electron chi connectivity index (χ3n) is 0.387. The summed E-state index contributed by atoms with van der Waals surface area (Å²) in [5.74, 6) is -2.50. The molecule has 0 saturated heterocycles. The van der Waals surface area contributed by atoms with E-state index in [9.17, 15) is 18.0 Å². The molecule has 0 aliphatic carbocycles. The van der Waals surface area contributed by atoms with Crippen molar-refractivity contribution in [1.82, 2.24) is 6.15 Å². The van der Waals surface area contributed by atoms with Crippen LogP contribution in [0.3, 0.4) is 0 Å². The fraction of sp³-hybridized carbons (Fsp3) is 0.333. The van der Waals surface area contributed by atoms with Gasteiger partial charge in [-0.05, 0) is 0 Å². The zero-order valence-corrected chi connectivity index (χ0v) is 4.64. The van der Waals surface area contributed by atoms with Gasteiger partial charge < -0.3 is 10.9 Å². The van der Waals surface area contributed by atoms with Crippen LogP contribution < -0.4 is 6.15 Å². The van der Waals surface area contributed by atoms with Crippen LogP contribution in [0.1, 0.15) is 0 Å². The van der Waals surface area contributed by atoms with Gasteiger partial charge in [0.1, 0.15) is 0 Å². The standard InChI is InChI=1S/C3HF3O3.H3N/c4-3(5,6)2(8)9-1-7;/h1H;1H3. The van der Waals surface area contributed by atoms with Gasteiger partial charge in [-0.2, -0.15) is 13.2 Å². The molecule has 3 N–H and O–H groups in total. The van der Waals surface area contributed by atoms with Crippen LogP contribution in [0, 0.1) is 0 Å². The number of carbonyl (C=O) groups is 2. The van der Waals surface area contributed by atoms with Crippen molar-refractivity contribution in [3.63, 3.8) is 0 Å². The van der Waals surface area contributed by atoms with Crippen molar-refractivity contribution in [2.75, 3.05) is 0 Å². The summed E-state index contributed by atoms with van der Waals surface area (Å²) < 4.78 is 36.0. The summed E-state index contributed by atoms with van der Waals surface area (Å²) in [4.78, 5) is 18.6. The lowest BCUT2D eigenvalue weighted by Gasteiger charge is -1.98. The van der Waals surface area contributed by atoms with E-state index in [-0.39, 0.29) is 6.15 Å². The summed E-state index contributed by atoms with van der Waals surface area (Å²) >= 11 is 0. The average Bonchev–Trinajstić information content (AvgIpc) is 1.64. The maximum absolute atomic E-state index is 11.0. The fourth-order valence-corrected chi connectivity index (χ4v) is 0.111. The van der Waals surface area contributed by atoms with Crippen molar-refractivity contribution in [3.05, 3.63) is 0 Å². The number of hydrogen-bond acceptors (Lipinski definition) is 4. The summed E-state index contributed by atoms with van der Waals surface area (Å²) in [6.45, 7) is -0.574. The Hall–Kier alpha value is -1.11. The lowest BCUT2D eigenvalue weighted by Crippen LogP contribution is -2.24. The van der Waals surface area contributed by atoms with E-state index in [0.29, 0.717) is 0 Å². The first-order chi connectivity index (χ1) is 3.98. The number of esters is 1. The number of ether oxygens (including phenoxy) is 1. The van der Waals surface area contributed by atoms with Crippen LogP contribution in [0.2, 0.25) is 0 Å². The monoisotopic (exact) mass is 159 g/mol. The molecule has 0 heterocycles. The van der Waals surface area contributed by atoms with Gasteiger partial charge in [0, 0.05) is 0 Å². The van der Waals surface area contributed by atoms with Crippen LogP contribution in [0.5, 0.6) is 0 Å². The van der Waals surface area contributed by atoms with Crippen LogP contribution in [-0.2, 0) is 14.3 Å². The minimum atomic E-state index is -5.08. The highest BCUT2D eigenvalue weighted by Gasteiger charge is 2.40. The third-order valence-corrected chi connectivity index (χ3v) is 0.387. The van der Waals surface area contributed by atoms with Crippen molar-refractivity contribution in [2.45, 2.75) is 6.18 Å². The predicted octanol–water partition coefficient (Wildman–Crippen LogP) is 0.410. The van der Waals surface area contributed by atoms with E-state index >= 15 is 0 Å². The van der Waals surface area contributed by atoms with Gasteiger partial charge in [-0.25, -0.2) is 4.79 Å². The predicted molar refractivity (Wildman–Crippen MR) is 23.2 cm³/mol. The van der Waals surface area contributed by atoms with Gasteiger partial charge in [0.15, 0.2) is 0 Å². The molecule has 0 rings (SSSR count). The molecule has 4 nitrogen and oxygen atoms in total. The van der Waals surface area contributed by atoms with E-state index in [1.807, 2.05) is 0 Å². The van der Waals surface area contributed by atoms with Gasteiger partial charge in [-0.1, -0.05) is 0 Å². The number of carbonyl (C=O) groups excluding carboxylic acids is 2. The molecule has 0 aromatic carbocycles. The minimum absolute atomic E-state index is 0. The number of halogens is 3. The summed E-state index contributed by atoms with van der Waals surface area (Å²) in [5.41, 5.74) is 0. The summed E-state index contributed by atoms with van der Waals surface area (Å²) in [5, 5.41) is 0. The third kappa shape index (κ3) is 3.84. The number of alkyl halides is 3. The van der Waals surface area contributed by atoms with E-state index < -0.39 is 18.6 Å². The molecular weight excluding hydrogens is 155 g/mol. The Morgan fingerprint density at radius 1 is 1.40 bits per heavy atom. The normalized spacial score (nSPS) is 9.50. The van der Waals surface area contributed by atoms with E-state index in [2.05, 4.69) is 4.74 Å². The van der Waals surface area contributed by atoms with E-state index in [4.69, 9.17) is 4.79 Å². The first-order valence-corrected chi connectivity index (χ1v) is 1.70. The lowest BCUT2D eigenvalue weighted by molar-refractivity contribution is -0.198. The molecule has 0 amide bonds. The maximum atomic E-state index is 11.0. The van der Waals surface area contributed by atoms with Gasteiger partial charge in [0.25, 0.3) is 0 Å². The molecule has 10 heavy (non-hydrogen) atoms. The van der Waals surface area contributed by atoms with E-state index in [1.54, 1.807) is 0 Å². The molecule has 0 radical (unpaired) electrons. The second kappa shape index (κ2) is 3.83. The van der Waals surface area contributed by atoms with Crippen LogP contribution >= 0.6 is 0 Å². The molecule has 0 aromatic heterocycles. The molecule has 0 fully saturated rings. The molecule has 0 saturated carbocycles. The molecule has 0 unspecified atom stereocenters. The molecule has 0 spiro atoms. The first kappa shape index (κ1) is 11.7. The first-order valence-electron chi connectivity index (χ1n) is 1.70. The van der Waals surface area contributed by atoms with Gasteiger partial charge in [0.2, 0.25) is 0 Å². The Morgan fingerprint density at radius 2 is 1.80 bits per heavy atom. The Morgan fingerprint density at radius 3 is 1.90 bits per heavy atom. The maximum Gasteiger partial charge on any atom is 0.491 e. The van der Waals surface area contributed by atoms with Crippen LogP contribution in [0.4, 0.5) is 13.2 Å². The highest BCUT2D eigenvalue weighted by molar-refractivity contribution is 5.81. The SMILES string of the molecule is N.O=COC(=O)C(F)(F)F. The number of rotatable bonds is 1. The highest BCUT2D eigenvalue weighted by Crippen LogP contribution is 2.15. The summed E-state index contributed by atoms with van der Waals surface area (Å²) in [6, 6.07) is 0. The van der Waals surface area contributed by atoms with E-state index in [0.717, 1.165) is 0 Å². The average molecular weight is 159 g/mol. The van der Waals surface area contributed by atoms with Crippen molar-refractivity contribution < 1.29 is 27.5 Å². The fourth-order valence-electron chi connectivity index (χ4n) is 0.111. The molecule has 0 aliphatic rings. The summed E-state index contributed by atoms with van der Waals surface area (Å²) in [7, 11) is 0. The zero-order chi connectivity index (χ0) is 7.49. The topological polar surface area (TPSA) is 78.4 Å². The largest absolute Gasteiger partial charge is 0.491 e. The molecule has 7 heteroatoms. The second-order valence-electron chi connectivity index (χ2n) is 0.999. The Bertz CT molecular complexity index is 131. The van der Waals surface area contributed by atoms with Crippen LogP contribution in [-0.4, -0.2) is 18.6 Å².